The number of hydrogen-bond donors (Lipinski definition) is 2. The molecule has 6 nitrogen and oxygen atoms in total. The quantitative estimate of drug-likeness (QED) is 0.816. The molecule has 1 amide bonds. The van der Waals surface area contributed by atoms with E-state index < -0.39 is 0 Å². The molecule has 1 aliphatic rings. The van der Waals surface area contributed by atoms with Gasteiger partial charge in [-0.25, -0.2) is 5.10 Å². The Labute approximate surface area is 127 Å². The van der Waals surface area contributed by atoms with Crippen molar-refractivity contribution in [2.24, 2.45) is 0 Å². The lowest BCUT2D eigenvalue weighted by Gasteiger charge is -2.33. The molecule has 7 heteroatoms. The number of aromatic nitrogens is 2. The molecule has 3 rings (SSSR count). The second-order valence-corrected chi connectivity index (χ2v) is 5.00. The summed E-state index contributed by atoms with van der Waals surface area (Å²) in [6.07, 6.45) is 0. The molecule has 1 atom stereocenters. The van der Waals surface area contributed by atoms with Gasteiger partial charge < -0.3 is 10.2 Å². The number of rotatable bonds is 1. The first-order valence-electron chi connectivity index (χ1n) is 6.67. The third-order valence-corrected chi connectivity index (χ3v) is 3.66. The first-order valence-corrected chi connectivity index (χ1v) is 6.67. The van der Waals surface area contributed by atoms with Crippen molar-refractivity contribution < 1.29 is 4.79 Å². The van der Waals surface area contributed by atoms with Crippen molar-refractivity contribution in [3.63, 3.8) is 0 Å². The fraction of sp³-hybridized carbons (Fsp3) is 0.357. The molecule has 0 saturated carbocycles. The zero-order valence-electron chi connectivity index (χ0n) is 11.6. The summed E-state index contributed by atoms with van der Waals surface area (Å²) >= 11 is 0. The van der Waals surface area contributed by atoms with E-state index in [9.17, 15) is 9.59 Å². The van der Waals surface area contributed by atoms with E-state index in [1.165, 1.54) is 0 Å². The van der Waals surface area contributed by atoms with Gasteiger partial charge >= 0.3 is 0 Å². The Morgan fingerprint density at radius 2 is 2.05 bits per heavy atom. The molecule has 0 radical (unpaired) electrons. The van der Waals surface area contributed by atoms with Crippen molar-refractivity contribution in [3.05, 3.63) is 40.3 Å². The van der Waals surface area contributed by atoms with Crippen LogP contribution < -0.4 is 10.9 Å². The number of nitrogens with one attached hydrogen (secondary N) is 2. The van der Waals surface area contributed by atoms with E-state index in [0.29, 0.717) is 23.0 Å². The third-order valence-electron chi connectivity index (χ3n) is 3.66. The van der Waals surface area contributed by atoms with Crippen LogP contribution in [0.3, 0.4) is 0 Å². The number of amides is 1. The molecule has 0 bridgehead atoms. The second kappa shape index (κ2) is 6.24. The molecule has 2 N–H and O–H groups in total. The zero-order chi connectivity index (χ0) is 14.1. The lowest BCUT2D eigenvalue weighted by atomic mass is 10.1. The highest BCUT2D eigenvalue weighted by atomic mass is 35.5. The molecule has 21 heavy (non-hydrogen) atoms. The van der Waals surface area contributed by atoms with Crippen LogP contribution in [0.15, 0.2) is 29.1 Å². The Morgan fingerprint density at radius 1 is 1.33 bits per heavy atom. The maximum atomic E-state index is 12.6. The summed E-state index contributed by atoms with van der Waals surface area (Å²) in [5, 5.41) is 10.7. The van der Waals surface area contributed by atoms with Gasteiger partial charge in [-0.15, -0.1) is 12.4 Å². The largest absolute Gasteiger partial charge is 0.332 e. The minimum Gasteiger partial charge on any atom is -0.332 e. The topological polar surface area (TPSA) is 78.1 Å². The highest BCUT2D eigenvalue weighted by Crippen LogP contribution is 2.16. The maximum Gasteiger partial charge on any atom is 0.275 e. The molecular weight excluding hydrogens is 292 g/mol. The summed E-state index contributed by atoms with van der Waals surface area (Å²) in [5.41, 5.74) is 0.0412. The van der Waals surface area contributed by atoms with E-state index in [-0.39, 0.29) is 29.9 Å². The van der Waals surface area contributed by atoms with Gasteiger partial charge in [-0.05, 0) is 13.0 Å². The highest BCUT2D eigenvalue weighted by Gasteiger charge is 2.26. The van der Waals surface area contributed by atoms with Gasteiger partial charge in [0.1, 0.15) is 0 Å². The van der Waals surface area contributed by atoms with E-state index in [2.05, 4.69) is 15.5 Å². The first-order chi connectivity index (χ1) is 9.68. The van der Waals surface area contributed by atoms with E-state index in [0.717, 1.165) is 13.1 Å². The number of benzene rings is 1. The molecule has 1 aromatic carbocycles. The number of nitrogens with zero attached hydrogens (tertiary/aromatic N) is 2. The van der Waals surface area contributed by atoms with Crippen LogP contribution in [-0.4, -0.2) is 46.7 Å². The van der Waals surface area contributed by atoms with Crippen LogP contribution in [-0.2, 0) is 0 Å². The fourth-order valence-corrected chi connectivity index (χ4v) is 2.56. The van der Waals surface area contributed by atoms with Crippen LogP contribution in [0.25, 0.3) is 10.8 Å². The molecule has 1 aliphatic heterocycles. The van der Waals surface area contributed by atoms with E-state index in [1.54, 1.807) is 29.2 Å². The molecule has 0 unspecified atom stereocenters. The minimum absolute atomic E-state index is 0. The molecule has 0 aliphatic carbocycles. The zero-order valence-corrected chi connectivity index (χ0v) is 12.4. The Balaban J connectivity index is 0.00000161. The summed E-state index contributed by atoms with van der Waals surface area (Å²) in [7, 11) is 0. The smallest absolute Gasteiger partial charge is 0.275 e. The van der Waals surface area contributed by atoms with Gasteiger partial charge in [0.2, 0.25) is 0 Å². The Hall–Kier alpha value is -1.92. The monoisotopic (exact) mass is 308 g/mol. The predicted octanol–water partition coefficient (Wildman–Crippen LogP) is 0.779. The summed E-state index contributed by atoms with van der Waals surface area (Å²) in [5.74, 6) is -0.133. The van der Waals surface area contributed by atoms with Gasteiger partial charge in [-0.2, -0.15) is 5.10 Å². The number of hydrogen-bond acceptors (Lipinski definition) is 4. The van der Waals surface area contributed by atoms with Crippen molar-refractivity contribution in [1.82, 2.24) is 20.4 Å². The SMILES string of the molecule is C[C@@H]1CNCCN1C(=O)c1n[nH]c(=O)c2ccccc12.Cl. The van der Waals surface area contributed by atoms with Crippen molar-refractivity contribution in [2.45, 2.75) is 13.0 Å². The summed E-state index contributed by atoms with van der Waals surface area (Å²) in [6.45, 7) is 4.19. The Morgan fingerprint density at radius 3 is 2.76 bits per heavy atom. The number of carbonyl (C=O) groups excluding carboxylic acids is 1. The third kappa shape index (κ3) is 2.77. The molecule has 1 saturated heterocycles. The van der Waals surface area contributed by atoms with Crippen LogP contribution in [0.4, 0.5) is 0 Å². The van der Waals surface area contributed by atoms with Crippen LogP contribution in [0.2, 0.25) is 0 Å². The van der Waals surface area contributed by atoms with Crippen LogP contribution in [0.5, 0.6) is 0 Å². The average molecular weight is 309 g/mol. The number of halogens is 1. The number of carbonyl (C=O) groups is 1. The predicted molar refractivity (Wildman–Crippen MR) is 83.0 cm³/mol. The van der Waals surface area contributed by atoms with Gasteiger partial charge in [0.25, 0.3) is 11.5 Å². The molecule has 1 aromatic heterocycles. The van der Waals surface area contributed by atoms with E-state index in [4.69, 9.17) is 0 Å². The summed E-state index contributed by atoms with van der Waals surface area (Å²) in [4.78, 5) is 26.2. The van der Waals surface area contributed by atoms with Crippen molar-refractivity contribution in [3.8, 4) is 0 Å². The van der Waals surface area contributed by atoms with Gasteiger partial charge in [-0.1, -0.05) is 18.2 Å². The van der Waals surface area contributed by atoms with Crippen LogP contribution in [0.1, 0.15) is 17.4 Å². The lowest BCUT2D eigenvalue weighted by Crippen LogP contribution is -2.52. The van der Waals surface area contributed by atoms with Crippen LogP contribution in [0, 0.1) is 0 Å². The normalized spacial score (nSPS) is 18.3. The first kappa shape index (κ1) is 15.5. The average Bonchev–Trinajstić information content (AvgIpc) is 2.48. The van der Waals surface area contributed by atoms with Gasteiger partial charge in [0.15, 0.2) is 5.69 Å². The molecule has 1 fully saturated rings. The van der Waals surface area contributed by atoms with Crippen molar-refractivity contribution in [2.75, 3.05) is 19.6 Å². The summed E-state index contributed by atoms with van der Waals surface area (Å²) in [6, 6.07) is 7.16. The number of aromatic amines is 1. The van der Waals surface area contributed by atoms with Crippen molar-refractivity contribution in [1.29, 1.82) is 0 Å². The van der Waals surface area contributed by atoms with E-state index in [1.807, 2.05) is 6.92 Å². The lowest BCUT2D eigenvalue weighted by molar-refractivity contribution is 0.0650. The van der Waals surface area contributed by atoms with Crippen molar-refractivity contribution >= 4 is 29.1 Å². The Kier molecular flexibility index (Phi) is 4.59. The van der Waals surface area contributed by atoms with Gasteiger partial charge in [0, 0.05) is 31.1 Å². The molecule has 2 aromatic rings. The maximum absolute atomic E-state index is 12.6. The van der Waals surface area contributed by atoms with Gasteiger partial charge in [-0.3, -0.25) is 9.59 Å². The fourth-order valence-electron chi connectivity index (χ4n) is 2.56. The highest BCUT2D eigenvalue weighted by molar-refractivity contribution is 6.04. The molecule has 112 valence electrons. The summed E-state index contributed by atoms with van der Waals surface area (Å²) < 4.78 is 0. The molecule has 2 heterocycles. The number of piperazine rings is 1. The molecular formula is C14H17ClN4O2. The number of fused-ring (bicyclic) bond motifs is 1. The molecule has 0 spiro atoms. The van der Waals surface area contributed by atoms with E-state index >= 15 is 0 Å². The minimum atomic E-state index is -0.273. The van der Waals surface area contributed by atoms with Gasteiger partial charge in [0.05, 0.1) is 5.39 Å². The Bertz CT molecular complexity index is 715. The number of H-pyrrole nitrogens is 1. The van der Waals surface area contributed by atoms with Crippen LogP contribution >= 0.6 is 12.4 Å². The second-order valence-electron chi connectivity index (χ2n) is 5.00. The standard InChI is InChI=1S/C14H16N4O2.ClH/c1-9-8-15-6-7-18(9)14(20)12-10-4-2-3-5-11(10)13(19)17-16-12;/h2-5,9,15H,6-8H2,1H3,(H,17,19);1H/t9-;/m1./s1.